The molecule has 0 atom stereocenters. The molecule has 35 heavy (non-hydrogen) atoms. The maximum atomic E-state index is 13.0. The molecule has 0 spiro atoms. The molecule has 9 heteroatoms. The Kier molecular flexibility index (Phi) is 8.13. The van der Waals surface area contributed by atoms with Gasteiger partial charge in [0.2, 0.25) is 0 Å². The Bertz CT molecular complexity index is 1310. The van der Waals surface area contributed by atoms with E-state index in [1.165, 1.54) is 17.3 Å². The van der Waals surface area contributed by atoms with Crippen LogP contribution in [0.25, 0.3) is 6.08 Å². The molecular formula is C26H20Cl2N2O3S2. The number of nitrogens with one attached hydrogen (secondary N) is 1. The summed E-state index contributed by atoms with van der Waals surface area (Å²) in [5, 5.41) is 3.29. The van der Waals surface area contributed by atoms with E-state index in [9.17, 15) is 9.59 Å². The zero-order valence-corrected chi connectivity index (χ0v) is 21.7. The minimum atomic E-state index is -0.367. The van der Waals surface area contributed by atoms with Crippen LogP contribution < -0.4 is 15.0 Å². The number of nitrogens with zero attached hydrogens (tertiary/aromatic N) is 1. The lowest BCUT2D eigenvalue weighted by Gasteiger charge is -2.14. The maximum Gasteiger partial charge on any atom is 0.270 e. The first-order valence-corrected chi connectivity index (χ1v) is 12.7. The molecule has 3 aromatic rings. The van der Waals surface area contributed by atoms with Crippen LogP contribution in [0.3, 0.4) is 0 Å². The van der Waals surface area contributed by atoms with Crippen LogP contribution in [-0.4, -0.2) is 22.7 Å². The molecule has 2 amide bonds. The molecule has 178 valence electrons. The molecule has 1 aliphatic heterocycles. The second-order valence-corrected chi connectivity index (χ2v) is 10.0. The summed E-state index contributed by atoms with van der Waals surface area (Å²) >= 11 is 18.8. The summed E-state index contributed by atoms with van der Waals surface area (Å²) < 4.78 is 6.05. The zero-order valence-electron chi connectivity index (χ0n) is 18.6. The Morgan fingerprint density at radius 2 is 1.80 bits per heavy atom. The van der Waals surface area contributed by atoms with E-state index in [0.29, 0.717) is 25.7 Å². The predicted octanol–water partition coefficient (Wildman–Crippen LogP) is 6.98. The third-order valence-electron chi connectivity index (χ3n) is 5.17. The molecule has 1 fully saturated rings. The number of hydrogen-bond donors (Lipinski definition) is 1. The third-order valence-corrected chi connectivity index (χ3v) is 7.29. The van der Waals surface area contributed by atoms with E-state index in [1.54, 1.807) is 41.3 Å². The monoisotopic (exact) mass is 542 g/mol. The van der Waals surface area contributed by atoms with Crippen LogP contribution in [0, 0.1) is 0 Å². The Balaban J connectivity index is 1.37. The lowest BCUT2D eigenvalue weighted by molar-refractivity contribution is -0.118. The van der Waals surface area contributed by atoms with Crippen molar-refractivity contribution in [2.75, 3.05) is 16.8 Å². The second kappa shape index (κ2) is 11.3. The van der Waals surface area contributed by atoms with Gasteiger partial charge in [0, 0.05) is 0 Å². The van der Waals surface area contributed by atoms with Gasteiger partial charge in [-0.05, 0) is 60.0 Å². The van der Waals surface area contributed by atoms with Crippen LogP contribution in [0.4, 0.5) is 11.4 Å². The van der Waals surface area contributed by atoms with Gasteiger partial charge in [-0.2, -0.15) is 0 Å². The van der Waals surface area contributed by atoms with E-state index in [4.69, 9.17) is 40.2 Å². The maximum absolute atomic E-state index is 13.0. The number of benzene rings is 3. The molecule has 0 bridgehead atoms. The average Bonchev–Trinajstić information content (AvgIpc) is 3.14. The zero-order chi connectivity index (χ0) is 24.9. The molecule has 0 aromatic heterocycles. The lowest BCUT2D eigenvalue weighted by Crippen LogP contribution is -2.27. The summed E-state index contributed by atoms with van der Waals surface area (Å²) in [6, 6.07) is 19.9. The highest BCUT2D eigenvalue weighted by atomic mass is 35.5. The van der Waals surface area contributed by atoms with E-state index in [0.717, 1.165) is 17.7 Å². The molecular weight excluding hydrogens is 523 g/mol. The summed E-state index contributed by atoms with van der Waals surface area (Å²) in [5.41, 5.74) is 3.19. The first-order chi connectivity index (χ1) is 16.9. The predicted molar refractivity (Wildman–Crippen MR) is 149 cm³/mol. The van der Waals surface area contributed by atoms with Crippen molar-refractivity contribution in [3.05, 3.63) is 92.8 Å². The highest BCUT2D eigenvalue weighted by Crippen LogP contribution is 2.36. The Morgan fingerprint density at radius 3 is 2.49 bits per heavy atom. The largest absolute Gasteiger partial charge is 0.484 e. The van der Waals surface area contributed by atoms with Crippen molar-refractivity contribution >= 4 is 80.8 Å². The normalized spacial score (nSPS) is 14.5. The number of aryl methyl sites for hydroxylation is 1. The van der Waals surface area contributed by atoms with Gasteiger partial charge in [-0.3, -0.25) is 14.5 Å². The van der Waals surface area contributed by atoms with E-state index in [1.807, 2.05) is 36.4 Å². The molecule has 0 saturated carbocycles. The summed E-state index contributed by atoms with van der Waals surface area (Å²) in [6.45, 7) is 1.89. The molecule has 0 unspecified atom stereocenters. The van der Waals surface area contributed by atoms with Crippen molar-refractivity contribution in [2.45, 2.75) is 13.3 Å². The van der Waals surface area contributed by atoms with Gasteiger partial charge in [0.05, 0.1) is 26.3 Å². The molecule has 0 aliphatic carbocycles. The molecule has 1 N–H and O–H groups in total. The molecule has 1 aliphatic rings. The minimum absolute atomic E-state index is 0.152. The van der Waals surface area contributed by atoms with Crippen LogP contribution in [-0.2, 0) is 16.0 Å². The summed E-state index contributed by atoms with van der Waals surface area (Å²) in [7, 11) is 0. The molecule has 5 nitrogen and oxygen atoms in total. The fourth-order valence-corrected chi connectivity index (χ4v) is 4.96. The van der Waals surface area contributed by atoms with E-state index in [2.05, 4.69) is 12.2 Å². The van der Waals surface area contributed by atoms with Gasteiger partial charge < -0.3 is 10.1 Å². The minimum Gasteiger partial charge on any atom is -0.484 e. The van der Waals surface area contributed by atoms with Gasteiger partial charge in [-0.1, -0.05) is 84.4 Å². The number of amides is 2. The van der Waals surface area contributed by atoms with Gasteiger partial charge in [0.25, 0.3) is 11.8 Å². The standard InChI is InChI=1S/C26H20Cl2N2O3S2/c1-2-16-6-10-18(11-7-16)30-25(32)22(35-26(30)34)14-17-8-12-19(13-9-17)33-15-23(31)29-21-5-3-4-20(27)24(21)28/h3-14H,2,15H2,1H3,(H,29,31)/b22-14-. The average molecular weight is 543 g/mol. The fraction of sp³-hybridized carbons (Fsp3) is 0.115. The highest BCUT2D eigenvalue weighted by Gasteiger charge is 2.33. The summed E-state index contributed by atoms with van der Waals surface area (Å²) in [6.07, 6.45) is 2.72. The van der Waals surface area contributed by atoms with Gasteiger partial charge in [-0.15, -0.1) is 0 Å². The number of carbonyl (C=O) groups excluding carboxylic acids is 2. The molecule has 1 saturated heterocycles. The quantitative estimate of drug-likeness (QED) is 0.257. The van der Waals surface area contributed by atoms with E-state index < -0.39 is 0 Å². The van der Waals surface area contributed by atoms with Gasteiger partial charge in [0.15, 0.2) is 10.9 Å². The van der Waals surface area contributed by atoms with E-state index >= 15 is 0 Å². The van der Waals surface area contributed by atoms with Gasteiger partial charge >= 0.3 is 0 Å². The Morgan fingerprint density at radius 1 is 1.09 bits per heavy atom. The van der Waals surface area contributed by atoms with Crippen molar-refractivity contribution in [2.24, 2.45) is 0 Å². The van der Waals surface area contributed by atoms with Crippen molar-refractivity contribution in [1.29, 1.82) is 0 Å². The summed E-state index contributed by atoms with van der Waals surface area (Å²) in [4.78, 5) is 27.3. The van der Waals surface area contributed by atoms with Crippen LogP contribution in [0.2, 0.25) is 10.0 Å². The number of halogens is 2. The Labute approximate surface area is 223 Å². The number of thiocarbonyl (C=S) groups is 1. The smallest absolute Gasteiger partial charge is 0.270 e. The first-order valence-electron chi connectivity index (χ1n) is 10.7. The first kappa shape index (κ1) is 25.3. The number of thioether (sulfide) groups is 1. The van der Waals surface area contributed by atoms with Crippen molar-refractivity contribution in [3.63, 3.8) is 0 Å². The lowest BCUT2D eigenvalue weighted by atomic mass is 10.1. The van der Waals surface area contributed by atoms with Gasteiger partial charge in [-0.25, -0.2) is 0 Å². The van der Waals surface area contributed by atoms with Crippen molar-refractivity contribution < 1.29 is 14.3 Å². The van der Waals surface area contributed by atoms with Crippen LogP contribution in [0.5, 0.6) is 5.75 Å². The summed E-state index contributed by atoms with van der Waals surface area (Å²) in [5.74, 6) is -0.00661. The SMILES string of the molecule is CCc1ccc(N2C(=O)/C(=C/c3ccc(OCC(=O)Nc4cccc(Cl)c4Cl)cc3)SC2=S)cc1. The second-order valence-electron chi connectivity index (χ2n) is 7.54. The van der Waals surface area contributed by atoms with Crippen molar-refractivity contribution in [1.82, 2.24) is 0 Å². The fourth-order valence-electron chi connectivity index (χ4n) is 3.32. The number of ether oxygens (including phenoxy) is 1. The highest BCUT2D eigenvalue weighted by molar-refractivity contribution is 8.27. The third kappa shape index (κ3) is 6.05. The number of carbonyl (C=O) groups is 2. The topological polar surface area (TPSA) is 58.6 Å². The molecule has 1 heterocycles. The number of hydrogen-bond acceptors (Lipinski definition) is 5. The molecule has 0 radical (unpaired) electrons. The Hall–Kier alpha value is -2.84. The van der Waals surface area contributed by atoms with Crippen LogP contribution in [0.15, 0.2) is 71.6 Å². The number of rotatable bonds is 7. The molecule has 3 aromatic carbocycles. The molecule has 4 rings (SSSR count). The van der Waals surface area contributed by atoms with E-state index in [-0.39, 0.29) is 23.4 Å². The van der Waals surface area contributed by atoms with Crippen LogP contribution in [0.1, 0.15) is 18.1 Å². The van der Waals surface area contributed by atoms with Gasteiger partial charge in [0.1, 0.15) is 5.75 Å². The van der Waals surface area contributed by atoms with Crippen molar-refractivity contribution in [3.8, 4) is 5.75 Å². The van der Waals surface area contributed by atoms with Crippen LogP contribution >= 0.6 is 47.2 Å². The number of anilines is 2.